The molecule has 0 fully saturated rings. The number of hydrogen-bond acceptors (Lipinski definition) is 4. The molecule has 0 saturated carbocycles. The zero-order valence-electron chi connectivity index (χ0n) is 13.8. The van der Waals surface area contributed by atoms with Crippen molar-refractivity contribution in [3.05, 3.63) is 76.5 Å². The summed E-state index contributed by atoms with van der Waals surface area (Å²) in [5, 5.41) is 4.61. The number of carbonyl (C=O) groups excluding carboxylic acids is 1. The van der Waals surface area contributed by atoms with E-state index in [2.05, 4.69) is 10.1 Å². The summed E-state index contributed by atoms with van der Waals surface area (Å²) in [5.41, 5.74) is 0.681. The molecule has 0 aliphatic heterocycles. The first-order valence-electron chi connectivity index (χ1n) is 7.82. The first-order chi connectivity index (χ1) is 12.9. The van der Waals surface area contributed by atoms with E-state index >= 15 is 0 Å². The van der Waals surface area contributed by atoms with Crippen LogP contribution in [0.25, 0.3) is 0 Å². The Bertz CT molecular complexity index is 911. The van der Waals surface area contributed by atoms with E-state index in [-0.39, 0.29) is 11.4 Å². The third-order valence-corrected chi connectivity index (χ3v) is 5.59. The summed E-state index contributed by atoms with van der Waals surface area (Å²) in [4.78, 5) is 14.6. The van der Waals surface area contributed by atoms with Gasteiger partial charge in [-0.05, 0) is 35.7 Å². The number of anilines is 1. The second-order valence-corrected chi connectivity index (χ2v) is 7.44. The van der Waals surface area contributed by atoms with E-state index in [9.17, 15) is 18.0 Å². The lowest BCUT2D eigenvalue weighted by molar-refractivity contribution is -0.274. The van der Waals surface area contributed by atoms with Gasteiger partial charge in [-0.15, -0.1) is 36.3 Å². The first-order valence-corrected chi connectivity index (χ1v) is 9.68. The Hall–Kier alpha value is -2.45. The second kappa shape index (κ2) is 8.49. The molecular formula is C19H14F3NO2S2. The largest absolute Gasteiger partial charge is 0.573 e. The van der Waals surface area contributed by atoms with Gasteiger partial charge in [0.05, 0.1) is 5.56 Å². The number of thiophene rings is 1. The maximum Gasteiger partial charge on any atom is 0.573 e. The fourth-order valence-corrected chi connectivity index (χ4v) is 4.12. The summed E-state index contributed by atoms with van der Waals surface area (Å²) < 4.78 is 40.9. The summed E-state index contributed by atoms with van der Waals surface area (Å²) in [7, 11) is 0. The van der Waals surface area contributed by atoms with Crippen molar-refractivity contribution < 1.29 is 22.7 Å². The number of halogens is 3. The highest BCUT2D eigenvalue weighted by atomic mass is 32.2. The van der Waals surface area contributed by atoms with Crippen LogP contribution < -0.4 is 10.1 Å². The molecule has 1 aromatic heterocycles. The second-order valence-electron chi connectivity index (χ2n) is 5.39. The Morgan fingerprint density at radius 3 is 2.63 bits per heavy atom. The Morgan fingerprint density at radius 1 is 1.07 bits per heavy atom. The molecule has 1 N–H and O–H groups in total. The molecule has 1 heterocycles. The van der Waals surface area contributed by atoms with Gasteiger partial charge in [0, 0.05) is 27.3 Å². The van der Waals surface area contributed by atoms with Crippen LogP contribution >= 0.6 is 23.1 Å². The van der Waals surface area contributed by atoms with Crippen molar-refractivity contribution in [2.45, 2.75) is 17.0 Å². The smallest absolute Gasteiger partial charge is 0.406 e. The summed E-state index contributed by atoms with van der Waals surface area (Å²) in [5.74, 6) is -0.0502. The molecule has 0 saturated heterocycles. The van der Waals surface area contributed by atoms with E-state index in [0.717, 1.165) is 16.7 Å². The van der Waals surface area contributed by atoms with Gasteiger partial charge in [0.2, 0.25) is 0 Å². The lowest BCUT2D eigenvalue weighted by atomic mass is 10.2. The minimum Gasteiger partial charge on any atom is -0.406 e. The molecule has 0 radical (unpaired) electrons. The van der Waals surface area contributed by atoms with Crippen molar-refractivity contribution in [2.24, 2.45) is 0 Å². The average Bonchev–Trinajstić information content (AvgIpc) is 3.12. The molecule has 8 heteroatoms. The third-order valence-electron chi connectivity index (χ3n) is 3.41. The van der Waals surface area contributed by atoms with Crippen molar-refractivity contribution in [1.82, 2.24) is 0 Å². The number of hydrogen-bond donors (Lipinski definition) is 1. The monoisotopic (exact) mass is 409 g/mol. The number of alkyl halides is 3. The lowest BCUT2D eigenvalue weighted by Gasteiger charge is -2.12. The SMILES string of the molecule is O=C(Nc1cccc(OC(F)(F)F)c1)c1ccccc1SCc1cccs1. The van der Waals surface area contributed by atoms with Gasteiger partial charge in [-0.1, -0.05) is 24.3 Å². The zero-order valence-corrected chi connectivity index (χ0v) is 15.5. The highest BCUT2D eigenvalue weighted by Crippen LogP contribution is 2.29. The first kappa shape index (κ1) is 19.3. The van der Waals surface area contributed by atoms with E-state index in [1.807, 2.05) is 29.6 Å². The molecule has 0 unspecified atom stereocenters. The predicted octanol–water partition coefficient (Wildman–Crippen LogP) is 6.19. The minimum absolute atomic E-state index is 0.222. The Balaban J connectivity index is 1.72. The van der Waals surface area contributed by atoms with Crippen molar-refractivity contribution in [3.8, 4) is 5.75 Å². The van der Waals surface area contributed by atoms with Gasteiger partial charge in [-0.25, -0.2) is 0 Å². The van der Waals surface area contributed by atoms with Crippen LogP contribution in [-0.2, 0) is 5.75 Å². The average molecular weight is 409 g/mol. The van der Waals surface area contributed by atoms with Gasteiger partial charge in [0.15, 0.2) is 0 Å². The van der Waals surface area contributed by atoms with Gasteiger partial charge in [0.1, 0.15) is 5.75 Å². The molecule has 1 amide bonds. The maximum absolute atomic E-state index is 12.6. The van der Waals surface area contributed by atoms with E-state index in [1.54, 1.807) is 23.5 Å². The molecule has 2 aromatic carbocycles. The summed E-state index contributed by atoms with van der Waals surface area (Å²) in [6.45, 7) is 0. The molecule has 0 atom stereocenters. The van der Waals surface area contributed by atoms with Gasteiger partial charge >= 0.3 is 6.36 Å². The molecule has 3 aromatic rings. The van der Waals surface area contributed by atoms with Crippen molar-refractivity contribution in [1.29, 1.82) is 0 Å². The van der Waals surface area contributed by atoms with Crippen LogP contribution in [0.15, 0.2) is 70.9 Å². The van der Waals surface area contributed by atoms with Gasteiger partial charge < -0.3 is 10.1 Å². The summed E-state index contributed by atoms with van der Waals surface area (Å²) >= 11 is 3.17. The van der Waals surface area contributed by atoms with Crippen LogP contribution in [0.3, 0.4) is 0 Å². The van der Waals surface area contributed by atoms with E-state index in [1.165, 1.54) is 34.8 Å². The molecule has 0 aliphatic rings. The molecule has 27 heavy (non-hydrogen) atoms. The van der Waals surface area contributed by atoms with Crippen LogP contribution in [-0.4, -0.2) is 12.3 Å². The molecule has 3 rings (SSSR count). The summed E-state index contributed by atoms with van der Waals surface area (Å²) in [6, 6.07) is 16.3. The van der Waals surface area contributed by atoms with Gasteiger partial charge in [-0.3, -0.25) is 4.79 Å². The highest BCUT2D eigenvalue weighted by molar-refractivity contribution is 7.98. The number of nitrogens with one attached hydrogen (secondary N) is 1. The molecule has 0 bridgehead atoms. The van der Waals surface area contributed by atoms with E-state index in [4.69, 9.17) is 0 Å². The zero-order chi connectivity index (χ0) is 19.3. The number of rotatable bonds is 6. The van der Waals surface area contributed by atoms with Crippen LogP contribution in [0.1, 0.15) is 15.2 Å². The van der Waals surface area contributed by atoms with E-state index in [0.29, 0.717) is 5.56 Å². The normalized spacial score (nSPS) is 11.2. The number of amides is 1. The predicted molar refractivity (Wildman–Crippen MR) is 101 cm³/mol. The van der Waals surface area contributed by atoms with Crippen LogP contribution in [0.5, 0.6) is 5.75 Å². The molecule has 0 spiro atoms. The number of thioether (sulfide) groups is 1. The molecular weight excluding hydrogens is 395 g/mol. The lowest BCUT2D eigenvalue weighted by Crippen LogP contribution is -2.17. The van der Waals surface area contributed by atoms with Crippen LogP contribution in [0.4, 0.5) is 18.9 Å². The number of benzene rings is 2. The molecule has 0 aliphatic carbocycles. The van der Waals surface area contributed by atoms with Gasteiger partial charge in [-0.2, -0.15) is 0 Å². The quantitative estimate of drug-likeness (QED) is 0.493. The fraction of sp³-hybridized carbons (Fsp3) is 0.105. The Morgan fingerprint density at radius 2 is 1.89 bits per heavy atom. The number of ether oxygens (including phenoxy) is 1. The topological polar surface area (TPSA) is 38.3 Å². The standard InChI is InChI=1S/C19H14F3NO2S2/c20-19(21,22)25-14-6-3-5-13(11-14)23-18(24)16-8-1-2-9-17(16)27-12-15-7-4-10-26-15/h1-11H,12H2,(H,23,24). The van der Waals surface area contributed by atoms with Crippen molar-refractivity contribution >= 4 is 34.7 Å². The Labute approximate surface area is 162 Å². The number of carbonyl (C=O) groups is 1. The third kappa shape index (κ3) is 5.77. The maximum atomic E-state index is 12.6. The molecule has 3 nitrogen and oxygen atoms in total. The van der Waals surface area contributed by atoms with Crippen LogP contribution in [0.2, 0.25) is 0 Å². The summed E-state index contributed by atoms with van der Waals surface area (Å²) in [6.07, 6.45) is -4.78. The van der Waals surface area contributed by atoms with E-state index < -0.39 is 12.3 Å². The molecule has 140 valence electrons. The Kier molecular flexibility index (Phi) is 6.08. The van der Waals surface area contributed by atoms with Crippen molar-refractivity contribution in [2.75, 3.05) is 5.32 Å². The minimum atomic E-state index is -4.78. The van der Waals surface area contributed by atoms with Crippen molar-refractivity contribution in [3.63, 3.8) is 0 Å². The van der Waals surface area contributed by atoms with Crippen LogP contribution in [0, 0.1) is 0 Å². The highest BCUT2D eigenvalue weighted by Gasteiger charge is 2.31. The fourth-order valence-electron chi connectivity index (χ4n) is 2.29. The van der Waals surface area contributed by atoms with Gasteiger partial charge in [0.25, 0.3) is 5.91 Å².